The molecule has 0 saturated heterocycles. The van der Waals surface area contributed by atoms with Crippen molar-refractivity contribution in [1.82, 2.24) is 14.9 Å². The van der Waals surface area contributed by atoms with Gasteiger partial charge in [0, 0.05) is 23.2 Å². The van der Waals surface area contributed by atoms with E-state index in [4.69, 9.17) is 15.0 Å². The molecule has 1 aliphatic rings. The molecule has 9 aromatic rings. The third-order valence-electron chi connectivity index (χ3n) is 10.9. The first-order valence-corrected chi connectivity index (χ1v) is 19.5. The molecule has 0 amide bonds. The van der Waals surface area contributed by atoms with Gasteiger partial charge in [0.1, 0.15) is 17.8 Å². The molecule has 8 aromatic carbocycles. The predicted molar refractivity (Wildman–Crippen MR) is 236 cm³/mol. The number of imidazole rings is 1. The van der Waals surface area contributed by atoms with Gasteiger partial charge in [-0.1, -0.05) is 171 Å². The van der Waals surface area contributed by atoms with Crippen molar-refractivity contribution in [3.05, 3.63) is 217 Å². The van der Waals surface area contributed by atoms with Gasteiger partial charge in [-0.25, -0.2) is 15.0 Å². The Balaban J connectivity index is 1.01. The van der Waals surface area contributed by atoms with Gasteiger partial charge in [-0.05, 0) is 80.0 Å². The number of para-hydroxylation sites is 2. The molecular formula is C52H39N5. The first kappa shape index (κ1) is 34.1. The van der Waals surface area contributed by atoms with E-state index in [-0.39, 0.29) is 6.17 Å². The Morgan fingerprint density at radius 2 is 1.09 bits per heavy atom. The first-order chi connectivity index (χ1) is 28.2. The van der Waals surface area contributed by atoms with E-state index in [0.717, 1.165) is 57.1 Å². The molecule has 5 heteroatoms. The quantitative estimate of drug-likeness (QED) is 0.169. The van der Waals surface area contributed by atoms with Crippen LogP contribution < -0.4 is 5.32 Å². The Morgan fingerprint density at radius 1 is 0.509 bits per heavy atom. The molecule has 1 N–H and O–H groups in total. The molecule has 0 spiro atoms. The summed E-state index contributed by atoms with van der Waals surface area (Å²) in [6, 6.07) is 68.5. The van der Waals surface area contributed by atoms with Crippen molar-refractivity contribution in [2.24, 2.45) is 9.98 Å². The summed E-state index contributed by atoms with van der Waals surface area (Å²) in [6.07, 6.45) is 0.562. The Bertz CT molecular complexity index is 2940. The van der Waals surface area contributed by atoms with E-state index in [1.54, 1.807) is 0 Å². The smallest absolute Gasteiger partial charge is 0.159 e. The van der Waals surface area contributed by atoms with Gasteiger partial charge in [0.2, 0.25) is 0 Å². The van der Waals surface area contributed by atoms with Crippen LogP contribution in [0.1, 0.15) is 35.6 Å². The van der Waals surface area contributed by atoms with E-state index in [2.05, 4.69) is 181 Å². The summed E-state index contributed by atoms with van der Waals surface area (Å²) in [5.41, 5.74) is 13.4. The molecule has 1 atom stereocenters. The molecule has 57 heavy (non-hydrogen) atoms. The van der Waals surface area contributed by atoms with E-state index >= 15 is 0 Å². The SMILES string of the molecule is CCc1nc2ccccc2n1-c1ccc(-c2cccc3c(-c4cccc(C5=NC(c6ccc(-c7ccccc7)cc6)NC(c6ccccc6)=N5)c4)cccc23)cc1. The van der Waals surface area contributed by atoms with Crippen molar-refractivity contribution < 1.29 is 0 Å². The number of nitrogens with one attached hydrogen (secondary N) is 1. The van der Waals surface area contributed by atoms with Crippen LogP contribution in [0.4, 0.5) is 0 Å². The maximum atomic E-state index is 5.22. The van der Waals surface area contributed by atoms with Crippen LogP contribution in [0.2, 0.25) is 0 Å². The highest BCUT2D eigenvalue weighted by Gasteiger charge is 2.22. The highest BCUT2D eigenvalue weighted by molar-refractivity contribution is 6.13. The van der Waals surface area contributed by atoms with Crippen LogP contribution in [-0.4, -0.2) is 21.2 Å². The number of aryl methyl sites for hydroxylation is 1. The highest BCUT2D eigenvalue weighted by Crippen LogP contribution is 2.36. The van der Waals surface area contributed by atoms with Gasteiger partial charge in [-0.15, -0.1) is 0 Å². The van der Waals surface area contributed by atoms with Crippen molar-refractivity contribution in [3.63, 3.8) is 0 Å². The van der Waals surface area contributed by atoms with E-state index < -0.39 is 0 Å². The molecule has 0 radical (unpaired) electrons. The lowest BCUT2D eigenvalue weighted by atomic mass is 9.92. The minimum absolute atomic E-state index is 0.297. The number of nitrogens with zero attached hydrogens (tertiary/aromatic N) is 4. The Labute approximate surface area is 332 Å². The number of rotatable bonds is 8. The third-order valence-corrected chi connectivity index (χ3v) is 10.9. The lowest BCUT2D eigenvalue weighted by molar-refractivity contribution is 0.674. The fourth-order valence-electron chi connectivity index (χ4n) is 8.01. The maximum absolute atomic E-state index is 5.22. The number of fused-ring (bicyclic) bond motifs is 2. The van der Waals surface area contributed by atoms with E-state index in [0.29, 0.717) is 5.84 Å². The molecule has 0 bridgehead atoms. The summed E-state index contributed by atoms with van der Waals surface area (Å²) in [5, 5.41) is 6.02. The van der Waals surface area contributed by atoms with Gasteiger partial charge in [0.15, 0.2) is 5.84 Å². The van der Waals surface area contributed by atoms with E-state index in [1.165, 1.54) is 38.6 Å². The van der Waals surface area contributed by atoms with Crippen LogP contribution in [0.5, 0.6) is 0 Å². The van der Waals surface area contributed by atoms with E-state index in [9.17, 15) is 0 Å². The van der Waals surface area contributed by atoms with Crippen molar-refractivity contribution in [1.29, 1.82) is 0 Å². The Morgan fingerprint density at radius 3 is 1.81 bits per heavy atom. The molecule has 10 rings (SSSR count). The predicted octanol–water partition coefficient (Wildman–Crippen LogP) is 12.2. The summed E-state index contributed by atoms with van der Waals surface area (Å²) in [5.74, 6) is 2.56. The molecule has 1 aromatic heterocycles. The minimum Gasteiger partial charge on any atom is -0.344 e. The van der Waals surface area contributed by atoms with Gasteiger partial charge in [0.05, 0.1) is 11.0 Å². The molecule has 2 heterocycles. The fourth-order valence-corrected chi connectivity index (χ4v) is 8.01. The number of aromatic nitrogens is 2. The van der Waals surface area contributed by atoms with Gasteiger partial charge < -0.3 is 5.32 Å². The van der Waals surface area contributed by atoms with Crippen LogP contribution in [0, 0.1) is 0 Å². The molecule has 0 saturated carbocycles. The lowest BCUT2D eigenvalue weighted by Gasteiger charge is -2.24. The summed E-state index contributed by atoms with van der Waals surface area (Å²) >= 11 is 0. The number of amidine groups is 2. The topological polar surface area (TPSA) is 54.6 Å². The Kier molecular flexibility index (Phi) is 8.81. The fraction of sp³-hybridized carbons (Fsp3) is 0.0577. The standard InChI is InChI=1S/C52H39N5/c1-2-49-53-47-24-9-10-25-48(47)57(49)42-32-30-37(31-33-42)43-20-12-23-46-44(21-13-22-45(43)46)40-18-11-19-41(34-40)52-55-50(38-16-7-4-8-17-38)54-51(56-52)39-28-26-36(27-29-39)35-14-5-3-6-15-35/h3-34,51H,2H2,1H3,(H,54,55,56). The summed E-state index contributed by atoms with van der Waals surface area (Å²) in [4.78, 5) is 15.2. The lowest BCUT2D eigenvalue weighted by Crippen LogP contribution is -2.33. The molecular weight excluding hydrogens is 695 g/mol. The monoisotopic (exact) mass is 733 g/mol. The molecule has 5 nitrogen and oxygen atoms in total. The van der Waals surface area contributed by atoms with Crippen LogP contribution in [-0.2, 0) is 6.42 Å². The highest BCUT2D eigenvalue weighted by atomic mass is 15.2. The number of hydrogen-bond acceptors (Lipinski definition) is 4. The number of benzene rings is 8. The minimum atomic E-state index is -0.297. The summed E-state index contributed by atoms with van der Waals surface area (Å²) in [7, 11) is 0. The molecule has 1 aliphatic heterocycles. The van der Waals surface area contributed by atoms with E-state index in [1.807, 2.05) is 30.3 Å². The second-order valence-corrected chi connectivity index (χ2v) is 14.4. The van der Waals surface area contributed by atoms with Crippen LogP contribution in [0.3, 0.4) is 0 Å². The van der Waals surface area contributed by atoms with Gasteiger partial charge in [-0.3, -0.25) is 4.57 Å². The molecule has 0 aliphatic carbocycles. The Hall–Kier alpha value is -7.37. The van der Waals surface area contributed by atoms with Gasteiger partial charge >= 0.3 is 0 Å². The second kappa shape index (κ2) is 14.7. The third kappa shape index (κ3) is 6.49. The maximum Gasteiger partial charge on any atom is 0.159 e. The first-order valence-electron chi connectivity index (χ1n) is 19.5. The van der Waals surface area contributed by atoms with Crippen LogP contribution >= 0.6 is 0 Å². The van der Waals surface area contributed by atoms with Crippen molar-refractivity contribution >= 4 is 33.5 Å². The van der Waals surface area contributed by atoms with Crippen molar-refractivity contribution in [2.75, 3.05) is 0 Å². The average molecular weight is 734 g/mol. The number of aliphatic imine (C=N–C) groups is 2. The molecule has 1 unspecified atom stereocenters. The van der Waals surface area contributed by atoms with Crippen molar-refractivity contribution in [2.45, 2.75) is 19.5 Å². The van der Waals surface area contributed by atoms with Gasteiger partial charge in [0.25, 0.3) is 0 Å². The number of hydrogen-bond donors (Lipinski definition) is 1. The molecule has 0 fully saturated rings. The zero-order chi connectivity index (χ0) is 38.1. The van der Waals surface area contributed by atoms with Crippen LogP contribution in [0.25, 0.3) is 60.9 Å². The second-order valence-electron chi connectivity index (χ2n) is 14.4. The van der Waals surface area contributed by atoms with Crippen LogP contribution in [0.15, 0.2) is 204 Å². The normalized spacial score (nSPS) is 13.9. The zero-order valence-corrected chi connectivity index (χ0v) is 31.5. The van der Waals surface area contributed by atoms with Gasteiger partial charge in [-0.2, -0.15) is 0 Å². The van der Waals surface area contributed by atoms with Crippen molar-refractivity contribution in [3.8, 4) is 39.1 Å². The summed E-state index contributed by atoms with van der Waals surface area (Å²) < 4.78 is 2.27. The molecule has 272 valence electrons. The summed E-state index contributed by atoms with van der Waals surface area (Å²) in [6.45, 7) is 2.16. The average Bonchev–Trinajstić information content (AvgIpc) is 3.68. The zero-order valence-electron chi connectivity index (χ0n) is 31.5. The largest absolute Gasteiger partial charge is 0.344 e.